The number of pyridine rings is 1. The van der Waals surface area contributed by atoms with Gasteiger partial charge < -0.3 is 10.6 Å². The number of piperazine rings is 1. The van der Waals surface area contributed by atoms with Gasteiger partial charge in [0.1, 0.15) is 4.90 Å². The van der Waals surface area contributed by atoms with Crippen LogP contribution >= 0.6 is 11.6 Å². The Kier molecular flexibility index (Phi) is 4.57. The first-order chi connectivity index (χ1) is 10.9. The molecule has 1 aromatic heterocycles. The van der Waals surface area contributed by atoms with Gasteiger partial charge in [0, 0.05) is 42.8 Å². The highest BCUT2D eigenvalue weighted by Gasteiger charge is 2.35. The largest absolute Gasteiger partial charge is 0.329 e. The van der Waals surface area contributed by atoms with Crippen molar-refractivity contribution in [1.29, 1.82) is 0 Å². The van der Waals surface area contributed by atoms with Crippen LogP contribution in [0.2, 0.25) is 5.02 Å². The lowest BCUT2D eigenvalue weighted by Gasteiger charge is -2.38. The van der Waals surface area contributed by atoms with Crippen molar-refractivity contribution in [2.75, 3.05) is 33.2 Å². The molecular formula is C15H19ClN4O2S. The van der Waals surface area contributed by atoms with Gasteiger partial charge in [0.15, 0.2) is 0 Å². The molecule has 0 spiro atoms. The van der Waals surface area contributed by atoms with Crippen LogP contribution in [0.1, 0.15) is 0 Å². The Balaban J connectivity index is 2.13. The SMILES string of the molecule is CN1CCN(S(=O)(=O)c2cc(Cl)cc3cccnc23)C(CN)C1. The molecule has 0 radical (unpaired) electrons. The van der Waals surface area contributed by atoms with E-state index >= 15 is 0 Å². The zero-order valence-corrected chi connectivity index (χ0v) is 14.4. The van der Waals surface area contributed by atoms with Crippen LogP contribution in [-0.4, -0.2) is 61.9 Å². The highest BCUT2D eigenvalue weighted by atomic mass is 35.5. The van der Waals surface area contributed by atoms with Crippen molar-refractivity contribution >= 4 is 32.5 Å². The van der Waals surface area contributed by atoms with E-state index in [1.165, 1.54) is 10.4 Å². The molecule has 2 aromatic rings. The average molecular weight is 355 g/mol. The molecule has 1 atom stereocenters. The fourth-order valence-electron chi connectivity index (χ4n) is 2.95. The van der Waals surface area contributed by atoms with E-state index in [0.29, 0.717) is 35.6 Å². The second kappa shape index (κ2) is 6.33. The maximum absolute atomic E-state index is 13.2. The van der Waals surface area contributed by atoms with Gasteiger partial charge in [0.2, 0.25) is 10.0 Å². The van der Waals surface area contributed by atoms with Crippen LogP contribution in [0.4, 0.5) is 0 Å². The summed E-state index contributed by atoms with van der Waals surface area (Å²) in [6.45, 7) is 1.96. The zero-order chi connectivity index (χ0) is 16.6. The fourth-order valence-corrected chi connectivity index (χ4v) is 5.05. The smallest absolute Gasteiger partial charge is 0.245 e. The Labute approximate surface area is 140 Å². The van der Waals surface area contributed by atoms with Crippen molar-refractivity contribution in [2.45, 2.75) is 10.9 Å². The molecular weight excluding hydrogens is 336 g/mol. The Morgan fingerprint density at radius 3 is 2.91 bits per heavy atom. The van der Waals surface area contributed by atoms with Crippen LogP contribution in [0.5, 0.6) is 0 Å². The molecule has 2 heterocycles. The maximum Gasteiger partial charge on any atom is 0.245 e. The van der Waals surface area contributed by atoms with Gasteiger partial charge in [0.05, 0.1) is 11.6 Å². The van der Waals surface area contributed by atoms with Crippen molar-refractivity contribution in [1.82, 2.24) is 14.2 Å². The average Bonchev–Trinajstić information content (AvgIpc) is 2.53. The predicted octanol–water partition coefficient (Wildman–Crippen LogP) is 1.15. The van der Waals surface area contributed by atoms with E-state index in [1.54, 1.807) is 24.4 Å². The number of benzene rings is 1. The van der Waals surface area contributed by atoms with Crippen LogP contribution in [0, 0.1) is 0 Å². The van der Waals surface area contributed by atoms with E-state index < -0.39 is 10.0 Å². The molecule has 0 saturated carbocycles. The third-order valence-electron chi connectivity index (χ3n) is 4.13. The molecule has 3 rings (SSSR count). The molecule has 2 N–H and O–H groups in total. The summed E-state index contributed by atoms with van der Waals surface area (Å²) in [6, 6.07) is 6.49. The summed E-state index contributed by atoms with van der Waals surface area (Å²) in [5.74, 6) is 0. The lowest BCUT2D eigenvalue weighted by molar-refractivity contribution is 0.164. The minimum atomic E-state index is -3.72. The van der Waals surface area contributed by atoms with Crippen LogP contribution in [0.15, 0.2) is 35.4 Å². The van der Waals surface area contributed by atoms with E-state index in [4.69, 9.17) is 17.3 Å². The van der Waals surface area contributed by atoms with Crippen molar-refractivity contribution in [3.8, 4) is 0 Å². The Bertz CT molecular complexity index is 827. The van der Waals surface area contributed by atoms with E-state index in [-0.39, 0.29) is 17.5 Å². The normalized spacial score (nSPS) is 20.9. The summed E-state index contributed by atoms with van der Waals surface area (Å²) in [5, 5.41) is 1.08. The van der Waals surface area contributed by atoms with Gasteiger partial charge >= 0.3 is 0 Å². The minimum absolute atomic E-state index is 0.142. The number of nitrogens with zero attached hydrogens (tertiary/aromatic N) is 3. The molecule has 1 aliphatic heterocycles. The number of fused-ring (bicyclic) bond motifs is 1. The van der Waals surface area contributed by atoms with Crippen molar-refractivity contribution in [3.63, 3.8) is 0 Å². The first-order valence-electron chi connectivity index (χ1n) is 7.38. The molecule has 1 saturated heterocycles. The lowest BCUT2D eigenvalue weighted by atomic mass is 10.2. The highest BCUT2D eigenvalue weighted by Crippen LogP contribution is 2.29. The third-order valence-corrected chi connectivity index (χ3v) is 6.31. The van der Waals surface area contributed by atoms with E-state index in [2.05, 4.69) is 9.88 Å². The Hall–Kier alpha value is -1.25. The molecule has 6 nitrogen and oxygen atoms in total. The highest BCUT2D eigenvalue weighted by molar-refractivity contribution is 7.89. The number of hydrogen-bond donors (Lipinski definition) is 1. The summed E-state index contributed by atoms with van der Waals surface area (Å²) in [7, 11) is -1.75. The van der Waals surface area contributed by atoms with Gasteiger partial charge in [-0.1, -0.05) is 17.7 Å². The molecule has 1 aromatic carbocycles. The quantitative estimate of drug-likeness (QED) is 0.894. The van der Waals surface area contributed by atoms with Crippen LogP contribution < -0.4 is 5.73 Å². The topological polar surface area (TPSA) is 79.5 Å². The number of rotatable bonds is 3. The number of nitrogens with two attached hydrogens (primary N) is 1. The molecule has 1 fully saturated rings. The van der Waals surface area contributed by atoms with Crippen LogP contribution in [-0.2, 0) is 10.0 Å². The molecule has 1 aliphatic rings. The summed E-state index contributed by atoms with van der Waals surface area (Å²) in [5.41, 5.74) is 6.24. The van der Waals surface area contributed by atoms with Gasteiger partial charge in [-0.25, -0.2) is 8.42 Å². The van der Waals surface area contributed by atoms with Crippen LogP contribution in [0.25, 0.3) is 10.9 Å². The summed E-state index contributed by atoms with van der Waals surface area (Å²) in [4.78, 5) is 6.47. The molecule has 0 bridgehead atoms. The second-order valence-corrected chi connectivity index (χ2v) is 8.04. The summed E-state index contributed by atoms with van der Waals surface area (Å²) < 4.78 is 27.8. The molecule has 0 aliphatic carbocycles. The Morgan fingerprint density at radius 2 is 2.17 bits per heavy atom. The molecule has 8 heteroatoms. The van der Waals surface area contributed by atoms with Crippen molar-refractivity contribution in [2.24, 2.45) is 5.73 Å². The maximum atomic E-state index is 13.2. The molecule has 1 unspecified atom stereocenters. The fraction of sp³-hybridized carbons (Fsp3) is 0.400. The second-order valence-electron chi connectivity index (χ2n) is 5.75. The van der Waals surface area contributed by atoms with Crippen molar-refractivity contribution in [3.05, 3.63) is 35.5 Å². The minimum Gasteiger partial charge on any atom is -0.329 e. The predicted molar refractivity (Wildman–Crippen MR) is 91.0 cm³/mol. The Morgan fingerprint density at radius 1 is 1.39 bits per heavy atom. The summed E-state index contributed by atoms with van der Waals surface area (Å²) in [6.07, 6.45) is 1.58. The lowest BCUT2D eigenvalue weighted by Crippen LogP contribution is -2.56. The van der Waals surface area contributed by atoms with E-state index in [0.717, 1.165) is 0 Å². The number of sulfonamides is 1. The third kappa shape index (κ3) is 3.07. The first-order valence-corrected chi connectivity index (χ1v) is 9.20. The molecule has 0 amide bonds. The van der Waals surface area contributed by atoms with Gasteiger partial charge in [-0.2, -0.15) is 4.31 Å². The first kappa shape index (κ1) is 16.6. The standard InChI is InChI=1S/C15H19ClN4O2S/c1-19-5-6-20(13(9-17)10-19)23(21,22)14-8-12(16)7-11-3-2-4-18-15(11)14/h2-4,7-8,13H,5-6,9-10,17H2,1H3. The van der Waals surface area contributed by atoms with Crippen LogP contribution in [0.3, 0.4) is 0 Å². The number of aromatic nitrogens is 1. The zero-order valence-electron chi connectivity index (χ0n) is 12.8. The van der Waals surface area contributed by atoms with Gasteiger partial charge in [-0.3, -0.25) is 4.98 Å². The number of hydrogen-bond acceptors (Lipinski definition) is 5. The van der Waals surface area contributed by atoms with E-state index in [9.17, 15) is 8.42 Å². The monoisotopic (exact) mass is 354 g/mol. The van der Waals surface area contributed by atoms with Crippen molar-refractivity contribution < 1.29 is 8.42 Å². The molecule has 124 valence electrons. The van der Waals surface area contributed by atoms with Gasteiger partial charge in [-0.05, 0) is 25.2 Å². The van der Waals surface area contributed by atoms with Gasteiger partial charge in [-0.15, -0.1) is 0 Å². The van der Waals surface area contributed by atoms with Gasteiger partial charge in [0.25, 0.3) is 0 Å². The number of likely N-dealkylation sites (N-methyl/N-ethyl adjacent to an activating group) is 1. The van der Waals surface area contributed by atoms with E-state index in [1.807, 2.05) is 7.05 Å². The summed E-state index contributed by atoms with van der Waals surface area (Å²) >= 11 is 6.12. The molecule has 23 heavy (non-hydrogen) atoms. The number of halogens is 1.